The van der Waals surface area contributed by atoms with Gasteiger partial charge in [0.15, 0.2) is 0 Å². The highest BCUT2D eigenvalue weighted by Crippen LogP contribution is 2.44. The first kappa shape index (κ1) is 12.7. The molecule has 2 aromatic heterocycles. The lowest BCUT2D eigenvalue weighted by Gasteiger charge is -2.05. The van der Waals surface area contributed by atoms with Crippen LogP contribution < -0.4 is 0 Å². The van der Waals surface area contributed by atoms with E-state index in [0.717, 1.165) is 29.8 Å². The number of hydrogen-bond acceptors (Lipinski definition) is 4. The summed E-state index contributed by atoms with van der Waals surface area (Å²) in [6.45, 7) is 0.00910. The maximum absolute atomic E-state index is 9.30. The normalized spacial score (nSPS) is 11.0. The molecule has 0 aromatic carbocycles. The molecule has 0 unspecified atom stereocenters. The van der Waals surface area contributed by atoms with Gasteiger partial charge < -0.3 is 10.2 Å². The summed E-state index contributed by atoms with van der Waals surface area (Å²) < 4.78 is 1.95. The van der Waals surface area contributed by atoms with Crippen LogP contribution in [0.2, 0.25) is 0 Å². The summed E-state index contributed by atoms with van der Waals surface area (Å²) >= 11 is 10.1. The Morgan fingerprint density at radius 3 is 1.56 bits per heavy atom. The Hall–Kier alpha value is 0.280. The Morgan fingerprint density at radius 1 is 0.875 bits per heavy atom. The van der Waals surface area contributed by atoms with Gasteiger partial charge in [-0.3, -0.25) is 0 Å². The zero-order valence-corrected chi connectivity index (χ0v) is 12.8. The van der Waals surface area contributed by atoms with E-state index >= 15 is 0 Å². The smallest absolute Gasteiger partial charge is 0.0781 e. The largest absolute Gasteiger partial charge is 0.392 e. The minimum absolute atomic E-state index is 0.00455. The fraction of sp³-hybridized carbons (Fsp3) is 0.200. The molecule has 16 heavy (non-hydrogen) atoms. The van der Waals surface area contributed by atoms with E-state index in [1.54, 1.807) is 22.7 Å². The van der Waals surface area contributed by atoms with Crippen LogP contribution in [0.4, 0.5) is 0 Å². The highest BCUT2D eigenvalue weighted by atomic mass is 79.9. The highest BCUT2D eigenvalue weighted by Gasteiger charge is 2.18. The van der Waals surface area contributed by atoms with Gasteiger partial charge in [-0.1, -0.05) is 0 Å². The van der Waals surface area contributed by atoms with Crippen LogP contribution in [0.15, 0.2) is 18.3 Å². The van der Waals surface area contributed by atoms with E-state index < -0.39 is 0 Å². The second-order valence-electron chi connectivity index (χ2n) is 3.14. The first-order valence-electron chi connectivity index (χ1n) is 4.42. The molecule has 0 saturated heterocycles. The second kappa shape index (κ2) is 5.29. The number of aliphatic hydroxyl groups excluding tert-OH is 2. The molecular formula is C10H8Br2O2S2. The zero-order chi connectivity index (χ0) is 11.7. The van der Waals surface area contributed by atoms with Gasteiger partial charge in [-0.25, -0.2) is 0 Å². The number of aliphatic hydroxyl groups is 2. The van der Waals surface area contributed by atoms with Crippen molar-refractivity contribution < 1.29 is 10.2 Å². The van der Waals surface area contributed by atoms with Crippen LogP contribution in [0.3, 0.4) is 0 Å². The third-order valence-electron chi connectivity index (χ3n) is 2.24. The van der Waals surface area contributed by atoms with Gasteiger partial charge in [-0.2, -0.15) is 0 Å². The van der Waals surface area contributed by atoms with Gasteiger partial charge in [-0.15, -0.1) is 22.7 Å². The van der Waals surface area contributed by atoms with Crippen molar-refractivity contribution in [3.63, 3.8) is 0 Å². The maximum Gasteiger partial charge on any atom is 0.0781 e. The Labute approximate surface area is 118 Å². The third kappa shape index (κ3) is 2.14. The molecule has 6 heteroatoms. The summed E-state index contributed by atoms with van der Waals surface area (Å²) in [5, 5.41) is 22.4. The van der Waals surface area contributed by atoms with Crippen molar-refractivity contribution in [2.45, 2.75) is 13.2 Å². The molecule has 2 aromatic rings. The summed E-state index contributed by atoms with van der Waals surface area (Å²) in [5.74, 6) is 0. The van der Waals surface area contributed by atoms with Crippen LogP contribution in [-0.4, -0.2) is 10.2 Å². The van der Waals surface area contributed by atoms with E-state index in [4.69, 9.17) is 0 Å². The average Bonchev–Trinajstić information content (AvgIpc) is 2.81. The van der Waals surface area contributed by atoms with Crippen molar-refractivity contribution in [2.24, 2.45) is 0 Å². The Morgan fingerprint density at radius 2 is 1.25 bits per heavy atom. The summed E-state index contributed by atoms with van der Waals surface area (Å²) in [5.41, 5.74) is 3.71. The van der Waals surface area contributed by atoms with E-state index in [1.807, 2.05) is 10.8 Å². The minimum atomic E-state index is 0.00455. The van der Waals surface area contributed by atoms with Crippen LogP contribution in [0.1, 0.15) is 11.1 Å². The number of halogens is 2. The van der Waals surface area contributed by atoms with Gasteiger partial charge in [-0.05, 0) is 53.7 Å². The van der Waals surface area contributed by atoms with Crippen molar-refractivity contribution in [3.05, 3.63) is 29.5 Å². The van der Waals surface area contributed by atoms with E-state index in [-0.39, 0.29) is 13.2 Å². The molecule has 0 fully saturated rings. The minimum Gasteiger partial charge on any atom is -0.392 e. The molecule has 0 atom stereocenters. The Bertz CT molecular complexity index is 459. The average molecular weight is 384 g/mol. The molecule has 0 radical (unpaired) electrons. The zero-order valence-electron chi connectivity index (χ0n) is 8.04. The van der Waals surface area contributed by atoms with Gasteiger partial charge in [0.1, 0.15) is 0 Å². The molecule has 0 aliphatic heterocycles. The van der Waals surface area contributed by atoms with Crippen LogP contribution in [-0.2, 0) is 13.2 Å². The Kier molecular flexibility index (Phi) is 4.21. The molecule has 2 heterocycles. The second-order valence-corrected chi connectivity index (χ2v) is 7.53. The number of rotatable bonds is 3. The van der Waals surface area contributed by atoms with Gasteiger partial charge in [0, 0.05) is 11.1 Å². The summed E-state index contributed by atoms with van der Waals surface area (Å²) in [6, 6.07) is 0. The molecular weight excluding hydrogens is 376 g/mol. The van der Waals surface area contributed by atoms with Crippen molar-refractivity contribution in [3.8, 4) is 11.1 Å². The number of hydrogen-bond donors (Lipinski definition) is 2. The monoisotopic (exact) mass is 382 g/mol. The first-order valence-corrected chi connectivity index (χ1v) is 7.77. The van der Waals surface area contributed by atoms with Gasteiger partial charge in [0.05, 0.1) is 20.8 Å². The van der Waals surface area contributed by atoms with Crippen molar-refractivity contribution in [1.82, 2.24) is 0 Å². The van der Waals surface area contributed by atoms with E-state index in [2.05, 4.69) is 31.9 Å². The Balaban J connectivity index is 2.65. The molecule has 2 nitrogen and oxygen atoms in total. The third-order valence-corrected chi connectivity index (χ3v) is 5.78. The topological polar surface area (TPSA) is 40.5 Å². The molecule has 0 amide bonds. The van der Waals surface area contributed by atoms with E-state index in [1.165, 1.54) is 0 Å². The fourth-order valence-electron chi connectivity index (χ4n) is 1.48. The van der Waals surface area contributed by atoms with Crippen LogP contribution in [0.5, 0.6) is 0 Å². The highest BCUT2D eigenvalue weighted by molar-refractivity contribution is 9.11. The van der Waals surface area contributed by atoms with Crippen LogP contribution in [0, 0.1) is 0 Å². The quantitative estimate of drug-likeness (QED) is 0.841. The molecule has 0 spiro atoms. The molecule has 2 rings (SSSR count). The van der Waals surface area contributed by atoms with Crippen LogP contribution >= 0.6 is 54.5 Å². The lowest BCUT2D eigenvalue weighted by molar-refractivity contribution is 0.281. The summed E-state index contributed by atoms with van der Waals surface area (Å²) in [4.78, 5) is 0. The van der Waals surface area contributed by atoms with Gasteiger partial charge >= 0.3 is 0 Å². The van der Waals surface area contributed by atoms with E-state index in [9.17, 15) is 10.2 Å². The van der Waals surface area contributed by atoms with Crippen LogP contribution in [0.25, 0.3) is 11.1 Å². The molecule has 0 saturated carbocycles. The lowest BCUT2D eigenvalue weighted by atomic mass is 10.0. The maximum atomic E-state index is 9.30. The fourth-order valence-corrected chi connectivity index (χ4v) is 4.53. The van der Waals surface area contributed by atoms with E-state index in [0.29, 0.717) is 0 Å². The van der Waals surface area contributed by atoms with Gasteiger partial charge in [0.2, 0.25) is 0 Å². The first-order chi connectivity index (χ1) is 7.69. The molecule has 0 bridgehead atoms. The van der Waals surface area contributed by atoms with Crippen molar-refractivity contribution in [2.75, 3.05) is 0 Å². The molecule has 0 aliphatic rings. The predicted octanol–water partition coefficient (Wildman–Crippen LogP) is 3.99. The molecule has 2 N–H and O–H groups in total. The molecule has 86 valence electrons. The number of thiophene rings is 2. The van der Waals surface area contributed by atoms with Gasteiger partial charge in [0.25, 0.3) is 0 Å². The summed E-state index contributed by atoms with van der Waals surface area (Å²) in [6.07, 6.45) is 0. The summed E-state index contributed by atoms with van der Waals surface area (Å²) in [7, 11) is 0. The predicted molar refractivity (Wildman–Crippen MR) is 74.9 cm³/mol. The standard InChI is InChI=1S/C10H8Br2O2S2/c11-9-7(5(1-13)3-15-9)8-6(2-14)4-16-10(8)12/h3-4,13-14H,1-2H2. The van der Waals surface area contributed by atoms with Crippen molar-refractivity contribution in [1.29, 1.82) is 0 Å². The lowest BCUT2D eigenvalue weighted by Crippen LogP contribution is -1.89. The molecule has 0 aliphatic carbocycles. The van der Waals surface area contributed by atoms with Crippen molar-refractivity contribution >= 4 is 54.5 Å². The SMILES string of the molecule is OCc1csc(Br)c1-c1c(CO)csc1Br.